The summed E-state index contributed by atoms with van der Waals surface area (Å²) in [5.41, 5.74) is 6.71. The number of hydrogen-bond acceptors (Lipinski definition) is 6. The van der Waals surface area contributed by atoms with Crippen LogP contribution in [0.2, 0.25) is 10.0 Å². The van der Waals surface area contributed by atoms with Gasteiger partial charge in [0.1, 0.15) is 22.5 Å². The highest BCUT2D eigenvalue weighted by molar-refractivity contribution is 7.99. The molecular formula is C20H14Cl2N4O2S. The van der Waals surface area contributed by atoms with Crippen molar-refractivity contribution in [3.05, 3.63) is 70.3 Å². The van der Waals surface area contributed by atoms with Gasteiger partial charge in [-0.25, -0.2) is 9.66 Å². The van der Waals surface area contributed by atoms with E-state index < -0.39 is 0 Å². The standard InChI is InChI=1S/C20H14Cl2N4O2S/c1-27-13-4-2-3-11(7-13)19-24-26-17(10-23-20(26)29-19)18-9-16(25-28-18)14-6-5-12(21)8-15(14)22/h2-10,19,24H,1H3. The van der Waals surface area contributed by atoms with Gasteiger partial charge in [0.05, 0.1) is 18.3 Å². The zero-order chi connectivity index (χ0) is 20.0. The molecule has 0 saturated carbocycles. The molecule has 6 nitrogen and oxygen atoms in total. The van der Waals surface area contributed by atoms with E-state index in [0.29, 0.717) is 21.5 Å². The van der Waals surface area contributed by atoms with Crippen LogP contribution in [0.3, 0.4) is 0 Å². The molecule has 2 aromatic carbocycles. The van der Waals surface area contributed by atoms with E-state index in [4.69, 9.17) is 32.5 Å². The Morgan fingerprint density at radius 1 is 1.17 bits per heavy atom. The van der Waals surface area contributed by atoms with Gasteiger partial charge in [-0.05, 0) is 35.9 Å². The van der Waals surface area contributed by atoms with E-state index in [2.05, 4.69) is 15.6 Å². The van der Waals surface area contributed by atoms with Crippen molar-refractivity contribution < 1.29 is 9.26 Å². The van der Waals surface area contributed by atoms with Gasteiger partial charge in [-0.1, -0.05) is 52.3 Å². The largest absolute Gasteiger partial charge is 0.497 e. The van der Waals surface area contributed by atoms with Crippen molar-refractivity contribution in [2.24, 2.45) is 0 Å². The van der Waals surface area contributed by atoms with Gasteiger partial charge in [-0.2, -0.15) is 0 Å². The number of thioether (sulfide) groups is 1. The molecule has 3 heterocycles. The smallest absolute Gasteiger partial charge is 0.189 e. The zero-order valence-electron chi connectivity index (χ0n) is 15.1. The van der Waals surface area contributed by atoms with Crippen LogP contribution in [0.5, 0.6) is 5.75 Å². The molecule has 0 bridgehead atoms. The first-order valence-corrected chi connectivity index (χ1v) is 10.3. The summed E-state index contributed by atoms with van der Waals surface area (Å²) in [5, 5.41) is 6.11. The third kappa shape index (κ3) is 3.35. The fraction of sp³-hybridized carbons (Fsp3) is 0.100. The lowest BCUT2D eigenvalue weighted by Gasteiger charge is -2.12. The highest BCUT2D eigenvalue weighted by atomic mass is 35.5. The van der Waals surface area contributed by atoms with Gasteiger partial charge >= 0.3 is 0 Å². The number of fused-ring (bicyclic) bond motifs is 1. The van der Waals surface area contributed by atoms with Crippen LogP contribution in [-0.4, -0.2) is 21.9 Å². The number of imidazole rings is 1. The van der Waals surface area contributed by atoms with Crippen molar-refractivity contribution in [1.29, 1.82) is 0 Å². The minimum absolute atomic E-state index is 0.0145. The van der Waals surface area contributed by atoms with Crippen LogP contribution >= 0.6 is 35.0 Å². The fourth-order valence-electron chi connectivity index (χ4n) is 3.13. The second-order valence-electron chi connectivity index (χ2n) is 6.37. The molecular weight excluding hydrogens is 431 g/mol. The third-order valence-electron chi connectivity index (χ3n) is 4.57. The molecule has 1 aliphatic rings. The van der Waals surface area contributed by atoms with Crippen molar-refractivity contribution in [3.63, 3.8) is 0 Å². The Kier molecular flexibility index (Phi) is 4.66. The Hall–Kier alpha value is -2.61. The number of nitrogens with one attached hydrogen (secondary N) is 1. The summed E-state index contributed by atoms with van der Waals surface area (Å²) in [6, 6.07) is 15.1. The van der Waals surface area contributed by atoms with E-state index in [9.17, 15) is 0 Å². The molecule has 9 heteroatoms. The van der Waals surface area contributed by atoms with Crippen LogP contribution < -0.4 is 10.2 Å². The Morgan fingerprint density at radius 2 is 2.07 bits per heavy atom. The van der Waals surface area contributed by atoms with E-state index >= 15 is 0 Å². The van der Waals surface area contributed by atoms with E-state index in [1.807, 2.05) is 41.1 Å². The lowest BCUT2D eigenvalue weighted by atomic mass is 10.1. The number of methoxy groups -OCH3 is 1. The third-order valence-corrected chi connectivity index (χ3v) is 6.23. The molecule has 1 atom stereocenters. The minimum Gasteiger partial charge on any atom is -0.497 e. The Bertz CT molecular complexity index is 1210. The summed E-state index contributed by atoms with van der Waals surface area (Å²) in [5.74, 6) is 1.40. The van der Waals surface area contributed by atoms with Crippen LogP contribution in [0.25, 0.3) is 22.7 Å². The van der Waals surface area contributed by atoms with Crippen molar-refractivity contribution in [2.45, 2.75) is 10.5 Å². The minimum atomic E-state index is 0.0145. The SMILES string of the molecule is COc1cccc(C2Nn3c(-c4cc(-c5ccc(Cl)cc5Cl)no4)cnc3S2)c1. The second-order valence-corrected chi connectivity index (χ2v) is 8.28. The molecule has 29 heavy (non-hydrogen) atoms. The van der Waals surface area contributed by atoms with Crippen LogP contribution in [0.15, 0.2) is 64.4 Å². The zero-order valence-corrected chi connectivity index (χ0v) is 17.4. The molecule has 2 aromatic heterocycles. The Balaban J connectivity index is 1.44. The first kappa shape index (κ1) is 18.4. The van der Waals surface area contributed by atoms with Gasteiger partial charge in [0, 0.05) is 16.7 Å². The summed E-state index contributed by atoms with van der Waals surface area (Å²) in [6.07, 6.45) is 1.75. The molecule has 0 saturated heterocycles. The van der Waals surface area contributed by atoms with Crippen LogP contribution in [0.4, 0.5) is 0 Å². The van der Waals surface area contributed by atoms with Crippen LogP contribution in [0.1, 0.15) is 10.9 Å². The van der Waals surface area contributed by atoms with Gasteiger partial charge in [-0.15, -0.1) is 0 Å². The number of aromatic nitrogens is 3. The monoisotopic (exact) mass is 444 g/mol. The summed E-state index contributed by atoms with van der Waals surface area (Å²) >= 11 is 13.9. The lowest BCUT2D eigenvalue weighted by molar-refractivity contribution is 0.414. The predicted molar refractivity (Wildman–Crippen MR) is 114 cm³/mol. The maximum absolute atomic E-state index is 6.29. The van der Waals surface area contributed by atoms with Crippen LogP contribution in [0, 0.1) is 0 Å². The van der Waals surface area contributed by atoms with Gasteiger partial charge in [0.15, 0.2) is 10.9 Å². The number of benzene rings is 2. The maximum Gasteiger partial charge on any atom is 0.189 e. The van der Waals surface area contributed by atoms with Gasteiger partial charge in [-0.3, -0.25) is 0 Å². The number of hydrogen-bond donors (Lipinski definition) is 1. The molecule has 1 unspecified atom stereocenters. The number of ether oxygens (including phenoxy) is 1. The number of rotatable bonds is 4. The summed E-state index contributed by atoms with van der Waals surface area (Å²) in [4.78, 5) is 4.50. The normalized spacial score (nSPS) is 15.2. The topological polar surface area (TPSA) is 65.1 Å². The summed E-state index contributed by atoms with van der Waals surface area (Å²) in [6.45, 7) is 0. The summed E-state index contributed by atoms with van der Waals surface area (Å²) < 4.78 is 12.8. The second kappa shape index (κ2) is 7.33. The number of nitrogens with zero attached hydrogens (tertiary/aromatic N) is 3. The summed E-state index contributed by atoms with van der Waals surface area (Å²) in [7, 11) is 1.66. The molecule has 1 aliphatic heterocycles. The molecule has 0 spiro atoms. The lowest BCUT2D eigenvalue weighted by Crippen LogP contribution is -2.13. The molecule has 0 fully saturated rings. The van der Waals surface area contributed by atoms with Crippen molar-refractivity contribution in [2.75, 3.05) is 12.5 Å². The molecule has 0 radical (unpaired) electrons. The average Bonchev–Trinajstić information content (AvgIpc) is 3.43. The molecule has 4 aromatic rings. The van der Waals surface area contributed by atoms with Gasteiger partial charge < -0.3 is 14.7 Å². The predicted octanol–water partition coefficient (Wildman–Crippen LogP) is 5.87. The van der Waals surface area contributed by atoms with E-state index in [1.165, 1.54) is 0 Å². The van der Waals surface area contributed by atoms with Gasteiger partial charge in [0.2, 0.25) is 0 Å². The van der Waals surface area contributed by atoms with Crippen LogP contribution in [-0.2, 0) is 0 Å². The molecule has 146 valence electrons. The first-order valence-electron chi connectivity index (χ1n) is 8.70. The number of halogens is 2. The molecule has 0 amide bonds. The average molecular weight is 445 g/mol. The highest BCUT2D eigenvalue weighted by Crippen LogP contribution is 2.42. The van der Waals surface area contributed by atoms with Crippen molar-refractivity contribution in [3.8, 4) is 28.5 Å². The fourth-order valence-corrected chi connectivity index (χ4v) is 4.66. The van der Waals surface area contributed by atoms with Crippen molar-refractivity contribution in [1.82, 2.24) is 14.8 Å². The molecule has 1 N–H and O–H groups in total. The maximum atomic E-state index is 6.29. The highest BCUT2D eigenvalue weighted by Gasteiger charge is 2.28. The van der Waals surface area contributed by atoms with Crippen molar-refractivity contribution >= 4 is 35.0 Å². The van der Waals surface area contributed by atoms with Gasteiger partial charge in [0.25, 0.3) is 0 Å². The van der Waals surface area contributed by atoms with E-state index in [0.717, 1.165) is 27.7 Å². The quantitative estimate of drug-likeness (QED) is 0.424. The molecule has 5 rings (SSSR count). The van der Waals surface area contributed by atoms with E-state index in [1.54, 1.807) is 37.2 Å². The Labute approximate surface area is 180 Å². The first-order chi connectivity index (χ1) is 14.1. The Morgan fingerprint density at radius 3 is 2.90 bits per heavy atom. The van der Waals surface area contributed by atoms with E-state index in [-0.39, 0.29) is 5.37 Å². The molecule has 0 aliphatic carbocycles.